The number of nitrogens with one attached hydrogen (secondary N) is 2. The van der Waals surface area contributed by atoms with E-state index in [-0.39, 0.29) is 18.4 Å². The number of carbonyl (C=O) groups excluding carboxylic acids is 2. The summed E-state index contributed by atoms with van der Waals surface area (Å²) in [5.41, 5.74) is 1.07. The molecule has 7 heteroatoms. The molecule has 0 atom stereocenters. The summed E-state index contributed by atoms with van der Waals surface area (Å²) < 4.78 is 10.2. The van der Waals surface area contributed by atoms with E-state index < -0.39 is 0 Å². The number of amides is 2. The van der Waals surface area contributed by atoms with Gasteiger partial charge in [0.2, 0.25) is 0 Å². The molecule has 0 bridgehead atoms. The van der Waals surface area contributed by atoms with Gasteiger partial charge >= 0.3 is 0 Å². The van der Waals surface area contributed by atoms with Crippen molar-refractivity contribution in [1.29, 1.82) is 0 Å². The van der Waals surface area contributed by atoms with Crippen LogP contribution in [-0.2, 0) is 9.53 Å². The van der Waals surface area contributed by atoms with E-state index in [0.717, 1.165) is 0 Å². The first-order valence-electron chi connectivity index (χ1n) is 7.64. The van der Waals surface area contributed by atoms with E-state index in [9.17, 15) is 9.59 Å². The van der Waals surface area contributed by atoms with Gasteiger partial charge in [0.25, 0.3) is 11.8 Å². The predicted molar refractivity (Wildman–Crippen MR) is 96.2 cm³/mol. The molecule has 132 valence electrons. The van der Waals surface area contributed by atoms with Crippen molar-refractivity contribution < 1.29 is 19.1 Å². The van der Waals surface area contributed by atoms with Crippen LogP contribution in [0.4, 0.5) is 5.69 Å². The van der Waals surface area contributed by atoms with Crippen LogP contribution in [0.3, 0.4) is 0 Å². The van der Waals surface area contributed by atoms with Crippen LogP contribution in [-0.4, -0.2) is 38.7 Å². The van der Waals surface area contributed by atoms with Gasteiger partial charge in [0.05, 0.1) is 11.6 Å². The molecule has 0 spiro atoms. The number of hydrogen-bond acceptors (Lipinski definition) is 4. The fraction of sp³-hybridized carbons (Fsp3) is 0.222. The lowest BCUT2D eigenvalue weighted by molar-refractivity contribution is -0.118. The second-order valence-corrected chi connectivity index (χ2v) is 5.50. The fourth-order valence-electron chi connectivity index (χ4n) is 1.98. The van der Waals surface area contributed by atoms with Gasteiger partial charge in [-0.1, -0.05) is 23.7 Å². The number of carbonyl (C=O) groups is 2. The minimum Gasteiger partial charge on any atom is -0.482 e. The lowest BCUT2D eigenvalue weighted by atomic mass is 10.2. The van der Waals surface area contributed by atoms with Crippen molar-refractivity contribution in [1.82, 2.24) is 5.32 Å². The summed E-state index contributed by atoms with van der Waals surface area (Å²) >= 11 is 5.96. The lowest BCUT2D eigenvalue weighted by Gasteiger charge is -2.09. The first-order chi connectivity index (χ1) is 12.1. The van der Waals surface area contributed by atoms with Crippen LogP contribution in [0.2, 0.25) is 5.02 Å². The molecule has 0 fully saturated rings. The highest BCUT2D eigenvalue weighted by Gasteiger charge is 2.08. The van der Waals surface area contributed by atoms with Crippen molar-refractivity contribution in [3.8, 4) is 5.75 Å². The average molecular weight is 363 g/mol. The number of hydrogen-bond donors (Lipinski definition) is 2. The summed E-state index contributed by atoms with van der Waals surface area (Å²) in [7, 11) is 1.57. The van der Waals surface area contributed by atoms with Crippen molar-refractivity contribution in [3.63, 3.8) is 0 Å². The lowest BCUT2D eigenvalue weighted by Crippen LogP contribution is -2.26. The Kier molecular flexibility index (Phi) is 7.25. The van der Waals surface area contributed by atoms with E-state index in [1.807, 2.05) is 0 Å². The minimum absolute atomic E-state index is 0.164. The molecular formula is C18H19ClN2O4. The number of methoxy groups -OCH3 is 1. The molecule has 0 aliphatic heterocycles. The Bertz CT molecular complexity index is 719. The van der Waals surface area contributed by atoms with E-state index in [0.29, 0.717) is 35.2 Å². The van der Waals surface area contributed by atoms with Crippen LogP contribution in [0.25, 0.3) is 0 Å². The van der Waals surface area contributed by atoms with E-state index in [2.05, 4.69) is 10.6 Å². The van der Waals surface area contributed by atoms with Crippen LogP contribution in [0, 0.1) is 0 Å². The fourth-order valence-corrected chi connectivity index (χ4v) is 2.17. The van der Waals surface area contributed by atoms with Gasteiger partial charge in [0.1, 0.15) is 5.75 Å². The predicted octanol–water partition coefficient (Wildman–Crippen LogP) is 2.73. The third-order valence-corrected chi connectivity index (χ3v) is 3.53. The number of benzene rings is 2. The molecule has 2 N–H and O–H groups in total. The Labute approximate surface area is 151 Å². The van der Waals surface area contributed by atoms with Gasteiger partial charge in [-0.25, -0.2) is 0 Å². The minimum atomic E-state index is -0.322. The molecule has 0 unspecified atom stereocenters. The van der Waals surface area contributed by atoms with Crippen LogP contribution < -0.4 is 15.4 Å². The largest absolute Gasteiger partial charge is 0.482 e. The second-order valence-electron chi connectivity index (χ2n) is 5.09. The van der Waals surface area contributed by atoms with Gasteiger partial charge in [0.15, 0.2) is 6.61 Å². The summed E-state index contributed by atoms with van der Waals surface area (Å²) in [5, 5.41) is 5.86. The van der Waals surface area contributed by atoms with Crippen molar-refractivity contribution >= 4 is 29.1 Å². The zero-order valence-corrected chi connectivity index (χ0v) is 14.5. The van der Waals surface area contributed by atoms with E-state index in [1.165, 1.54) is 0 Å². The van der Waals surface area contributed by atoms with Gasteiger partial charge in [-0.2, -0.15) is 0 Å². The van der Waals surface area contributed by atoms with Crippen molar-refractivity contribution in [2.24, 2.45) is 0 Å². The van der Waals surface area contributed by atoms with Crippen LogP contribution in [0.15, 0.2) is 48.5 Å². The average Bonchev–Trinajstić information content (AvgIpc) is 2.62. The molecule has 0 aliphatic rings. The normalized spacial score (nSPS) is 10.2. The summed E-state index contributed by atoms with van der Waals surface area (Å²) in [4.78, 5) is 23.8. The Morgan fingerprint density at radius 1 is 1.08 bits per heavy atom. The van der Waals surface area contributed by atoms with Crippen LogP contribution in [0.1, 0.15) is 10.4 Å². The summed E-state index contributed by atoms with van der Waals surface area (Å²) in [6.07, 6.45) is 0. The molecule has 0 radical (unpaired) electrons. The first kappa shape index (κ1) is 18.8. The standard InChI is InChI=1S/C18H19ClN2O4/c1-24-11-10-20-18(23)13-6-8-14(9-7-13)21-17(22)12-25-16-5-3-2-4-15(16)19/h2-9H,10-12H2,1H3,(H,20,23)(H,21,22). The van der Waals surface area contributed by atoms with E-state index >= 15 is 0 Å². The molecule has 25 heavy (non-hydrogen) atoms. The first-order valence-corrected chi connectivity index (χ1v) is 8.02. The number of rotatable bonds is 8. The van der Waals surface area contributed by atoms with Gasteiger partial charge in [-0.05, 0) is 36.4 Å². The number of ether oxygens (including phenoxy) is 2. The highest BCUT2D eigenvalue weighted by atomic mass is 35.5. The number of anilines is 1. The SMILES string of the molecule is COCCNC(=O)c1ccc(NC(=O)COc2ccccc2Cl)cc1. The van der Waals surface area contributed by atoms with Crippen molar-refractivity contribution in [2.45, 2.75) is 0 Å². The van der Waals surface area contributed by atoms with Crippen molar-refractivity contribution in [3.05, 3.63) is 59.1 Å². The summed E-state index contributed by atoms with van der Waals surface area (Å²) in [6, 6.07) is 13.5. The third kappa shape index (κ3) is 6.10. The van der Waals surface area contributed by atoms with E-state index in [4.69, 9.17) is 21.1 Å². The van der Waals surface area contributed by atoms with Gasteiger partial charge < -0.3 is 20.1 Å². The zero-order valence-electron chi connectivity index (χ0n) is 13.8. The molecule has 2 aromatic rings. The quantitative estimate of drug-likeness (QED) is 0.708. The molecule has 6 nitrogen and oxygen atoms in total. The highest BCUT2D eigenvalue weighted by molar-refractivity contribution is 6.32. The van der Waals surface area contributed by atoms with Gasteiger partial charge in [-0.3, -0.25) is 9.59 Å². The van der Waals surface area contributed by atoms with Crippen molar-refractivity contribution in [2.75, 3.05) is 32.2 Å². The molecular weight excluding hydrogens is 344 g/mol. The van der Waals surface area contributed by atoms with Crippen LogP contribution >= 0.6 is 11.6 Å². The molecule has 0 saturated heterocycles. The molecule has 2 rings (SSSR count). The maximum absolute atomic E-state index is 11.9. The number of para-hydroxylation sites is 1. The third-order valence-electron chi connectivity index (χ3n) is 3.22. The van der Waals surface area contributed by atoms with Crippen LogP contribution in [0.5, 0.6) is 5.75 Å². The molecule has 0 aromatic heterocycles. The Hall–Kier alpha value is -2.57. The molecule has 0 aliphatic carbocycles. The number of halogens is 1. The van der Waals surface area contributed by atoms with Gasteiger partial charge in [0, 0.05) is 24.9 Å². The maximum atomic E-state index is 11.9. The maximum Gasteiger partial charge on any atom is 0.262 e. The summed E-state index contributed by atoms with van der Waals surface area (Å²) in [6.45, 7) is 0.724. The Balaban J connectivity index is 1.83. The molecule has 2 amide bonds. The molecule has 2 aromatic carbocycles. The zero-order chi connectivity index (χ0) is 18.1. The Morgan fingerprint density at radius 2 is 1.80 bits per heavy atom. The monoisotopic (exact) mass is 362 g/mol. The molecule has 0 heterocycles. The van der Waals surface area contributed by atoms with E-state index in [1.54, 1.807) is 55.6 Å². The Morgan fingerprint density at radius 3 is 2.48 bits per heavy atom. The van der Waals surface area contributed by atoms with Gasteiger partial charge in [-0.15, -0.1) is 0 Å². The topological polar surface area (TPSA) is 76.7 Å². The highest BCUT2D eigenvalue weighted by Crippen LogP contribution is 2.22. The smallest absolute Gasteiger partial charge is 0.262 e. The second kappa shape index (κ2) is 9.66. The molecule has 0 saturated carbocycles. The summed E-state index contributed by atoms with van der Waals surface area (Å²) in [5.74, 6) is -0.0726.